The van der Waals surface area contributed by atoms with Crippen molar-refractivity contribution >= 4 is 72.8 Å². The van der Waals surface area contributed by atoms with Gasteiger partial charge in [-0.1, -0.05) is 0 Å². The summed E-state index contributed by atoms with van der Waals surface area (Å²) >= 11 is 0. The number of rotatable bonds is 19. The number of hydrogen-bond donors (Lipinski definition) is 1. The third-order valence-electron chi connectivity index (χ3n) is 5.45. The summed E-state index contributed by atoms with van der Waals surface area (Å²) < 4.78 is 279. The summed E-state index contributed by atoms with van der Waals surface area (Å²) in [6, 6.07) is 0. The maximum absolute atomic E-state index is 11.6. The molecule has 0 bridgehead atoms. The van der Waals surface area contributed by atoms with Crippen LogP contribution in [0.2, 0.25) is 0 Å². The summed E-state index contributed by atoms with van der Waals surface area (Å²) in [5, 5.41) is 10.8. The van der Waals surface area contributed by atoms with E-state index < -0.39 is 147 Å². The molecule has 1 N–H and O–H groups in total. The summed E-state index contributed by atoms with van der Waals surface area (Å²) in [5.74, 6) is -4.06. The molecule has 2 fully saturated rings. The third kappa shape index (κ3) is 29.1. The SMILES string of the molecule is O=S(=O)([O-])OC[C@H]1O[C@@](COS(=O)(=O)[O-])(O[C@H]2O[C@H](COS(=O)(=O)[O-])[C@@H](OS(=O)(=O)[O-])[C@H](OS(=O)(=O)[O-])[C@H]2O)[C@@H](OS(=O)(=O)[O-])[C@@H]1OS(=O)(=O)[O-].[Na+].[Na+].[Na+].[Na+].[Na+].[Na+].[Na+]. The van der Waals surface area contributed by atoms with E-state index in [4.69, 9.17) is 14.2 Å². The quantitative estimate of drug-likeness (QED) is 0.0713. The van der Waals surface area contributed by atoms with Gasteiger partial charge < -0.3 is 51.2 Å². The zero-order chi connectivity index (χ0) is 39.8. The van der Waals surface area contributed by atoms with Gasteiger partial charge in [0.25, 0.3) is 0 Å². The monoisotopic (exact) mass is 1060 g/mol. The average Bonchev–Trinajstić information content (AvgIpc) is 3.11. The minimum Gasteiger partial charge on any atom is -0.726 e. The van der Waals surface area contributed by atoms with Crippen molar-refractivity contribution in [3.8, 4) is 0 Å². The largest absolute Gasteiger partial charge is 1.00 e. The van der Waals surface area contributed by atoms with E-state index in [2.05, 4.69) is 29.3 Å². The maximum Gasteiger partial charge on any atom is 1.00 e. The first kappa shape index (κ1) is 75.4. The van der Waals surface area contributed by atoms with Crippen molar-refractivity contribution < 1.29 is 346 Å². The molecule has 58 heavy (non-hydrogen) atoms. The van der Waals surface area contributed by atoms with E-state index in [1.807, 2.05) is 0 Å². The van der Waals surface area contributed by atoms with Crippen LogP contribution in [0, 0.1) is 0 Å². The molecule has 2 rings (SSSR count). The molecular formula is C12H15Na7O32S7. The fourth-order valence-electron chi connectivity index (χ4n) is 3.99. The summed E-state index contributed by atoms with van der Waals surface area (Å²) in [6.45, 7) is -6.27. The summed E-state index contributed by atoms with van der Waals surface area (Å²) in [4.78, 5) is 0. The molecule has 2 heterocycles. The fraction of sp³-hybridized carbons (Fsp3) is 1.00. The molecule has 0 radical (unpaired) electrons. The third-order valence-corrected chi connectivity index (χ3v) is 8.52. The average molecular weight is 1060 g/mol. The van der Waals surface area contributed by atoms with E-state index >= 15 is 0 Å². The van der Waals surface area contributed by atoms with E-state index in [1.54, 1.807) is 0 Å². The van der Waals surface area contributed by atoms with Crippen LogP contribution in [0.3, 0.4) is 0 Å². The van der Waals surface area contributed by atoms with Crippen molar-refractivity contribution in [1.29, 1.82) is 0 Å². The normalized spacial score (nSPS) is 28.0. The van der Waals surface area contributed by atoms with Crippen molar-refractivity contribution in [2.75, 3.05) is 19.8 Å². The Morgan fingerprint density at radius 1 is 0.466 bits per heavy atom. The summed E-state index contributed by atoms with van der Waals surface area (Å²) in [5.41, 5.74) is 0. The smallest absolute Gasteiger partial charge is 0.726 e. The van der Waals surface area contributed by atoms with Crippen LogP contribution in [0.25, 0.3) is 0 Å². The molecule has 0 aliphatic carbocycles. The van der Waals surface area contributed by atoms with Crippen LogP contribution in [-0.2, 0) is 116 Å². The Kier molecular flexibility index (Phi) is 38.0. The molecule has 2 saturated heterocycles. The van der Waals surface area contributed by atoms with Crippen molar-refractivity contribution in [2.45, 2.75) is 54.8 Å². The van der Waals surface area contributed by atoms with Crippen LogP contribution in [0.4, 0.5) is 0 Å². The van der Waals surface area contributed by atoms with Crippen LogP contribution in [0.1, 0.15) is 0 Å². The van der Waals surface area contributed by atoms with Gasteiger partial charge in [0.1, 0.15) is 43.2 Å². The number of aliphatic hydroxyl groups excluding tert-OH is 1. The molecule has 0 aromatic heterocycles. The number of ether oxygens (including phenoxy) is 3. The van der Waals surface area contributed by atoms with Crippen molar-refractivity contribution in [2.24, 2.45) is 0 Å². The molecule has 0 spiro atoms. The molecule has 46 heteroatoms. The Bertz CT molecular complexity index is 2050. The molecule has 0 aromatic rings. The summed E-state index contributed by atoms with van der Waals surface area (Å²) in [6.07, 6.45) is -25.4. The first-order valence-electron chi connectivity index (χ1n) is 11.5. The van der Waals surface area contributed by atoms with Gasteiger partial charge >= 0.3 is 207 Å². The maximum atomic E-state index is 11.6. The van der Waals surface area contributed by atoms with Crippen LogP contribution in [0.15, 0.2) is 0 Å². The van der Waals surface area contributed by atoms with Gasteiger partial charge in [0.15, 0.2) is 12.4 Å². The van der Waals surface area contributed by atoms with Crippen LogP contribution >= 0.6 is 0 Å². The van der Waals surface area contributed by atoms with Gasteiger partial charge in [0, 0.05) is 0 Å². The Morgan fingerprint density at radius 3 is 1.17 bits per heavy atom. The first-order valence-corrected chi connectivity index (χ1v) is 20.9. The molecule has 2 aliphatic heterocycles. The van der Waals surface area contributed by atoms with Gasteiger partial charge in [-0.3, -0.25) is 29.3 Å². The molecule has 32 nitrogen and oxygen atoms in total. The van der Waals surface area contributed by atoms with Gasteiger partial charge in [-0.05, 0) is 0 Å². The van der Waals surface area contributed by atoms with E-state index in [0.29, 0.717) is 0 Å². The molecule has 304 valence electrons. The van der Waals surface area contributed by atoms with E-state index in [-0.39, 0.29) is 207 Å². The molecular weight excluding hydrogens is 1040 g/mol. The zero-order valence-corrected chi connectivity index (χ0v) is 49.9. The second-order valence-electron chi connectivity index (χ2n) is 9.01. The number of aliphatic hydroxyl groups is 1. The topological polar surface area (TPSA) is 513 Å². The molecule has 0 unspecified atom stereocenters. The second-order valence-corrected chi connectivity index (χ2v) is 16.2. The molecule has 2 aliphatic rings. The van der Waals surface area contributed by atoms with Gasteiger partial charge in [-0.15, -0.1) is 0 Å². The predicted molar refractivity (Wildman–Crippen MR) is 129 cm³/mol. The van der Waals surface area contributed by atoms with E-state index in [1.165, 1.54) is 0 Å². The van der Waals surface area contributed by atoms with Gasteiger partial charge in [-0.2, -0.15) is 0 Å². The Balaban J connectivity index is -0.000000966. The van der Waals surface area contributed by atoms with Crippen molar-refractivity contribution in [1.82, 2.24) is 0 Å². The van der Waals surface area contributed by atoms with Gasteiger partial charge in [0.05, 0.1) is 13.2 Å². The minimum atomic E-state index is -6.42. The van der Waals surface area contributed by atoms with Gasteiger partial charge in [-0.25, -0.2) is 58.9 Å². The number of hydrogen-bond acceptors (Lipinski definition) is 32. The van der Waals surface area contributed by atoms with E-state index in [0.717, 1.165) is 0 Å². The van der Waals surface area contributed by atoms with Crippen molar-refractivity contribution in [3.63, 3.8) is 0 Å². The molecule has 9 atom stereocenters. The van der Waals surface area contributed by atoms with Crippen molar-refractivity contribution in [3.05, 3.63) is 0 Å². The molecule has 0 aromatic carbocycles. The van der Waals surface area contributed by atoms with E-state index in [9.17, 15) is 95.9 Å². The standard InChI is InChI=1S/C12H22O32S7.7Na/c13-6-9(43-50(29,30)31)7(41-48(23,24)25)4(1-35-45(14,15)16)38-11(6)40-12(3-37-47(20,21)22)10(44-51(32,33)34)8(42-49(26,27)28)5(39-12)2-36-46(17,18)19;;;;;;;/h4-11,13H,1-3H2,(H,14,15,16)(H,17,18,19)(H,20,21,22)(H,23,24,25)(H,26,27,28)(H,29,30,31)(H,32,33,34);;;;;;;/q;7*+1/p-7/t4-,5-,6-,7-,8-,9-,10+,11-,12+;;;;;;;/m1......./s1. The second kappa shape index (κ2) is 29.2. The van der Waals surface area contributed by atoms with Crippen LogP contribution < -0.4 is 207 Å². The first-order chi connectivity index (χ1) is 22.5. The molecule has 0 saturated carbocycles. The van der Waals surface area contributed by atoms with Gasteiger partial charge in [0.2, 0.25) is 78.6 Å². The Labute approximate surface area is 484 Å². The predicted octanol–water partition coefficient (Wildman–Crippen LogP) is -30.0. The fourth-order valence-corrected chi connectivity index (χ4v) is 6.91. The zero-order valence-electron chi connectivity index (χ0n) is 30.2. The Morgan fingerprint density at radius 2 is 0.810 bits per heavy atom. The van der Waals surface area contributed by atoms with Crippen LogP contribution in [-0.4, -0.2) is 171 Å². The Hall–Kier alpha value is 5.93. The molecule has 0 amide bonds. The van der Waals surface area contributed by atoms with Crippen LogP contribution in [0.5, 0.6) is 0 Å². The summed E-state index contributed by atoms with van der Waals surface area (Å²) in [7, 11) is -43.1. The minimum absolute atomic E-state index is 0.